The van der Waals surface area contributed by atoms with Crippen LogP contribution in [0.5, 0.6) is 0 Å². The lowest BCUT2D eigenvalue weighted by Gasteiger charge is -2.18. The Morgan fingerprint density at radius 2 is 1.81 bits per heavy atom. The summed E-state index contributed by atoms with van der Waals surface area (Å²) >= 11 is 1.73. The number of ether oxygens (including phenoxy) is 1. The largest absolute Gasteiger partial charge is 0.416 e. The molecule has 2 nitrogen and oxygen atoms in total. The first kappa shape index (κ1) is 18.3. The number of nitrogens with zero attached hydrogens (tertiary/aromatic N) is 1. The lowest BCUT2D eigenvalue weighted by molar-refractivity contribution is -0.137. The van der Waals surface area contributed by atoms with Gasteiger partial charge in [-0.3, -0.25) is 4.98 Å². The van der Waals surface area contributed by atoms with Crippen molar-refractivity contribution in [1.29, 1.82) is 0 Å². The number of para-hydroxylation sites is 1. The normalized spacial score (nSPS) is 20.3. The highest BCUT2D eigenvalue weighted by Crippen LogP contribution is 2.42. The lowest BCUT2D eigenvalue weighted by Crippen LogP contribution is -2.13. The first-order chi connectivity index (χ1) is 12.9. The second kappa shape index (κ2) is 7.17. The topological polar surface area (TPSA) is 22.1 Å². The first-order valence-corrected chi connectivity index (χ1v) is 9.65. The zero-order valence-electron chi connectivity index (χ0n) is 14.7. The van der Waals surface area contributed by atoms with E-state index < -0.39 is 11.7 Å². The van der Waals surface area contributed by atoms with Gasteiger partial charge >= 0.3 is 6.18 Å². The standard InChI is InChI=1S/C21H18F3NOS/c1-13-19(10-11-26-13)27-20-16-4-2-3-5-18(16)25-12-17(20)14-6-8-15(9-7-14)21(22,23)24/h2-9,12-13,19H,10-11H2,1H3. The fourth-order valence-corrected chi connectivity index (χ4v) is 4.69. The maximum Gasteiger partial charge on any atom is 0.416 e. The van der Waals surface area contributed by atoms with Gasteiger partial charge in [0.05, 0.1) is 17.2 Å². The van der Waals surface area contributed by atoms with Crippen molar-refractivity contribution in [1.82, 2.24) is 4.98 Å². The predicted molar refractivity (Wildman–Crippen MR) is 102 cm³/mol. The van der Waals surface area contributed by atoms with Gasteiger partial charge in [0, 0.05) is 33.9 Å². The van der Waals surface area contributed by atoms with Crippen LogP contribution in [0.4, 0.5) is 13.2 Å². The summed E-state index contributed by atoms with van der Waals surface area (Å²) in [7, 11) is 0. The minimum Gasteiger partial charge on any atom is -0.377 e. The van der Waals surface area contributed by atoms with Crippen LogP contribution in [0.1, 0.15) is 18.9 Å². The summed E-state index contributed by atoms with van der Waals surface area (Å²) < 4.78 is 44.4. The molecule has 4 rings (SSSR count). The molecular weight excluding hydrogens is 371 g/mol. The Kier molecular flexibility index (Phi) is 4.86. The Labute approximate surface area is 159 Å². The van der Waals surface area contributed by atoms with E-state index in [-0.39, 0.29) is 6.10 Å². The fourth-order valence-electron chi connectivity index (χ4n) is 3.31. The van der Waals surface area contributed by atoms with Crippen LogP contribution in [0.2, 0.25) is 0 Å². The number of thioether (sulfide) groups is 1. The molecule has 1 fully saturated rings. The quantitative estimate of drug-likeness (QED) is 0.533. The zero-order valence-corrected chi connectivity index (χ0v) is 15.5. The van der Waals surface area contributed by atoms with Gasteiger partial charge in [-0.05, 0) is 37.1 Å². The summed E-state index contributed by atoms with van der Waals surface area (Å²) in [5.41, 5.74) is 1.82. The summed E-state index contributed by atoms with van der Waals surface area (Å²) in [4.78, 5) is 5.56. The Morgan fingerprint density at radius 1 is 1.07 bits per heavy atom. The summed E-state index contributed by atoms with van der Waals surface area (Å²) in [6.07, 6.45) is -1.49. The molecule has 6 heteroatoms. The minimum absolute atomic E-state index is 0.141. The molecule has 3 aromatic rings. The van der Waals surface area contributed by atoms with Gasteiger partial charge < -0.3 is 4.74 Å². The number of halogens is 3. The molecule has 0 bridgehead atoms. The number of fused-ring (bicyclic) bond motifs is 1. The number of pyridine rings is 1. The van der Waals surface area contributed by atoms with Gasteiger partial charge in [0.15, 0.2) is 0 Å². The Morgan fingerprint density at radius 3 is 2.48 bits per heavy atom. The van der Waals surface area contributed by atoms with E-state index in [1.165, 1.54) is 12.1 Å². The van der Waals surface area contributed by atoms with Crippen molar-refractivity contribution < 1.29 is 17.9 Å². The molecule has 1 aliphatic rings. The molecule has 1 aliphatic heterocycles. The number of alkyl halides is 3. The van der Waals surface area contributed by atoms with Gasteiger partial charge in [-0.1, -0.05) is 30.3 Å². The van der Waals surface area contributed by atoms with Gasteiger partial charge in [-0.2, -0.15) is 13.2 Å². The van der Waals surface area contributed by atoms with Gasteiger partial charge in [-0.25, -0.2) is 0 Å². The molecule has 0 saturated carbocycles. The molecule has 1 aromatic heterocycles. The van der Waals surface area contributed by atoms with Crippen molar-refractivity contribution in [3.63, 3.8) is 0 Å². The van der Waals surface area contributed by atoms with Gasteiger partial charge in [0.1, 0.15) is 0 Å². The van der Waals surface area contributed by atoms with Crippen molar-refractivity contribution in [3.8, 4) is 11.1 Å². The Hall–Kier alpha value is -2.05. The molecule has 0 spiro atoms. The van der Waals surface area contributed by atoms with E-state index in [2.05, 4.69) is 11.9 Å². The molecule has 2 unspecified atom stereocenters. The summed E-state index contributed by atoms with van der Waals surface area (Å²) in [6.45, 7) is 2.79. The fraction of sp³-hybridized carbons (Fsp3) is 0.286. The van der Waals surface area contributed by atoms with Crippen molar-refractivity contribution in [2.45, 2.75) is 35.8 Å². The summed E-state index contributed by atoms with van der Waals surface area (Å²) in [5.74, 6) is 0. The summed E-state index contributed by atoms with van der Waals surface area (Å²) in [6, 6.07) is 13.1. The molecule has 2 atom stereocenters. The van der Waals surface area contributed by atoms with Crippen molar-refractivity contribution in [3.05, 3.63) is 60.3 Å². The molecular formula is C21H18F3NOS. The van der Waals surface area contributed by atoms with Crippen LogP contribution >= 0.6 is 11.8 Å². The Bertz CT molecular complexity index is 956. The maximum atomic E-state index is 12.9. The third kappa shape index (κ3) is 3.69. The monoisotopic (exact) mass is 389 g/mol. The SMILES string of the molecule is CC1OCCC1Sc1c(-c2ccc(C(F)(F)F)cc2)cnc2ccccc12. The molecule has 0 aliphatic carbocycles. The summed E-state index contributed by atoms with van der Waals surface area (Å²) in [5, 5.41) is 1.32. The average Bonchev–Trinajstić information content (AvgIpc) is 3.06. The molecule has 2 heterocycles. The van der Waals surface area contributed by atoms with E-state index in [4.69, 9.17) is 4.74 Å². The molecule has 140 valence electrons. The maximum absolute atomic E-state index is 12.9. The van der Waals surface area contributed by atoms with E-state index in [0.29, 0.717) is 5.25 Å². The van der Waals surface area contributed by atoms with Crippen molar-refractivity contribution >= 4 is 22.7 Å². The average molecular weight is 389 g/mol. The number of rotatable bonds is 3. The molecule has 0 amide bonds. The molecule has 0 radical (unpaired) electrons. The molecule has 1 saturated heterocycles. The Balaban J connectivity index is 1.81. The van der Waals surface area contributed by atoms with Gasteiger partial charge in [-0.15, -0.1) is 11.8 Å². The van der Waals surface area contributed by atoms with E-state index in [9.17, 15) is 13.2 Å². The highest BCUT2D eigenvalue weighted by atomic mass is 32.2. The number of aromatic nitrogens is 1. The van der Waals surface area contributed by atoms with Crippen LogP contribution in [0.3, 0.4) is 0 Å². The predicted octanol–water partition coefficient (Wildman–Crippen LogP) is 6.19. The molecule has 0 N–H and O–H groups in total. The second-order valence-electron chi connectivity index (χ2n) is 6.61. The van der Waals surface area contributed by atoms with E-state index in [1.807, 2.05) is 24.3 Å². The third-order valence-corrected chi connectivity index (χ3v) is 6.42. The van der Waals surface area contributed by atoms with Crippen molar-refractivity contribution in [2.24, 2.45) is 0 Å². The lowest BCUT2D eigenvalue weighted by atomic mass is 10.0. The highest BCUT2D eigenvalue weighted by Gasteiger charge is 2.30. The third-order valence-electron chi connectivity index (χ3n) is 4.83. The van der Waals surface area contributed by atoms with E-state index in [0.717, 1.165) is 52.1 Å². The first-order valence-electron chi connectivity index (χ1n) is 8.77. The van der Waals surface area contributed by atoms with Crippen LogP contribution in [-0.4, -0.2) is 22.9 Å². The van der Waals surface area contributed by atoms with Gasteiger partial charge in [0.25, 0.3) is 0 Å². The number of benzene rings is 2. The van der Waals surface area contributed by atoms with Gasteiger partial charge in [0.2, 0.25) is 0 Å². The van der Waals surface area contributed by atoms with E-state index >= 15 is 0 Å². The molecule has 2 aromatic carbocycles. The van der Waals surface area contributed by atoms with E-state index in [1.54, 1.807) is 18.0 Å². The van der Waals surface area contributed by atoms with Crippen LogP contribution in [0.25, 0.3) is 22.0 Å². The minimum atomic E-state index is -4.34. The molecule has 27 heavy (non-hydrogen) atoms. The highest BCUT2D eigenvalue weighted by molar-refractivity contribution is 8.00. The number of hydrogen-bond acceptors (Lipinski definition) is 3. The second-order valence-corrected chi connectivity index (χ2v) is 7.86. The van der Waals surface area contributed by atoms with Crippen LogP contribution in [0, 0.1) is 0 Å². The number of hydrogen-bond donors (Lipinski definition) is 0. The zero-order chi connectivity index (χ0) is 19.0. The van der Waals surface area contributed by atoms with Crippen LogP contribution in [0.15, 0.2) is 59.6 Å². The van der Waals surface area contributed by atoms with Crippen molar-refractivity contribution in [2.75, 3.05) is 6.61 Å². The van der Waals surface area contributed by atoms with Crippen LogP contribution in [-0.2, 0) is 10.9 Å². The smallest absolute Gasteiger partial charge is 0.377 e. The van der Waals surface area contributed by atoms with Crippen LogP contribution < -0.4 is 0 Å².